The zero-order chi connectivity index (χ0) is 16.8. The number of carbonyl (C=O) groups excluding carboxylic acids is 1. The fourth-order valence-corrected chi connectivity index (χ4v) is 2.18. The molecule has 0 bridgehead atoms. The molecule has 6 heteroatoms. The van der Waals surface area contributed by atoms with Crippen LogP contribution in [0, 0.1) is 0 Å². The van der Waals surface area contributed by atoms with Crippen molar-refractivity contribution in [3.8, 4) is 0 Å². The monoisotopic (exact) mass is 313 g/mol. The number of nitrogens with one attached hydrogen (secondary N) is 1. The molecule has 0 aliphatic carbocycles. The van der Waals surface area contributed by atoms with Crippen LogP contribution < -0.4 is 5.32 Å². The van der Waals surface area contributed by atoms with Crippen molar-refractivity contribution in [2.45, 2.75) is 32.6 Å². The minimum absolute atomic E-state index is 0.0881. The van der Waals surface area contributed by atoms with E-state index >= 15 is 0 Å². The summed E-state index contributed by atoms with van der Waals surface area (Å²) in [6, 6.07) is 7.13. The number of carbonyl (C=O) groups is 2. The van der Waals surface area contributed by atoms with Gasteiger partial charge in [-0.05, 0) is 30.0 Å². The maximum absolute atomic E-state index is 12.4. The molecule has 1 aromatic heterocycles. The van der Waals surface area contributed by atoms with Crippen molar-refractivity contribution < 1.29 is 14.7 Å². The Morgan fingerprint density at radius 2 is 1.91 bits per heavy atom. The molecule has 1 aromatic carbocycles. The number of anilines is 1. The van der Waals surface area contributed by atoms with Gasteiger partial charge in [0, 0.05) is 18.3 Å². The summed E-state index contributed by atoms with van der Waals surface area (Å²) < 4.78 is 0. The van der Waals surface area contributed by atoms with Crippen molar-refractivity contribution in [3.63, 3.8) is 0 Å². The summed E-state index contributed by atoms with van der Waals surface area (Å²) in [7, 11) is 0. The van der Waals surface area contributed by atoms with Crippen molar-refractivity contribution in [3.05, 3.63) is 53.6 Å². The third-order valence-electron chi connectivity index (χ3n) is 3.37. The van der Waals surface area contributed by atoms with Gasteiger partial charge in [0.15, 0.2) is 0 Å². The van der Waals surface area contributed by atoms with Crippen LogP contribution in [0.4, 0.5) is 5.69 Å². The maximum Gasteiger partial charge on any atom is 0.303 e. The van der Waals surface area contributed by atoms with E-state index in [1.54, 1.807) is 12.1 Å². The number of aliphatic carboxylic acids is 1. The fraction of sp³-hybridized carbons (Fsp3) is 0.294. The Kier molecular flexibility index (Phi) is 5.41. The molecule has 2 aromatic rings. The second kappa shape index (κ2) is 7.49. The highest BCUT2D eigenvalue weighted by molar-refractivity contribution is 6.04. The van der Waals surface area contributed by atoms with E-state index in [9.17, 15) is 9.59 Å². The number of rotatable bonds is 6. The Morgan fingerprint density at radius 3 is 2.52 bits per heavy atom. The van der Waals surface area contributed by atoms with Gasteiger partial charge in [-0.15, -0.1) is 0 Å². The van der Waals surface area contributed by atoms with Gasteiger partial charge in [-0.25, -0.2) is 9.97 Å². The predicted octanol–water partition coefficient (Wildman–Crippen LogP) is 2.87. The second-order valence-corrected chi connectivity index (χ2v) is 5.52. The average molecular weight is 313 g/mol. The highest BCUT2D eigenvalue weighted by atomic mass is 16.4. The van der Waals surface area contributed by atoms with Gasteiger partial charge < -0.3 is 10.4 Å². The number of carboxylic acid groups (broad SMARTS) is 1. The Hall–Kier alpha value is -2.76. The molecule has 1 amide bonds. The van der Waals surface area contributed by atoms with E-state index in [-0.39, 0.29) is 18.2 Å². The van der Waals surface area contributed by atoms with Gasteiger partial charge in [0.1, 0.15) is 6.33 Å². The minimum Gasteiger partial charge on any atom is -0.481 e. The average Bonchev–Trinajstić information content (AvgIpc) is 2.54. The Balaban J connectivity index is 2.07. The number of hydrogen-bond donors (Lipinski definition) is 2. The summed E-state index contributed by atoms with van der Waals surface area (Å²) in [5.74, 6) is -0.961. The van der Waals surface area contributed by atoms with E-state index in [2.05, 4.69) is 15.3 Å². The molecule has 0 atom stereocenters. The molecule has 0 spiro atoms. The first-order chi connectivity index (χ1) is 11.0. The molecule has 0 unspecified atom stereocenters. The number of carboxylic acids is 1. The molecule has 2 rings (SSSR count). The quantitative estimate of drug-likeness (QED) is 0.855. The summed E-state index contributed by atoms with van der Waals surface area (Å²) in [4.78, 5) is 31.0. The molecule has 6 nitrogen and oxygen atoms in total. The third-order valence-corrected chi connectivity index (χ3v) is 3.37. The molecular formula is C17H19N3O3. The number of benzene rings is 1. The zero-order valence-electron chi connectivity index (χ0n) is 13.1. The van der Waals surface area contributed by atoms with Gasteiger partial charge in [0.25, 0.3) is 5.91 Å². The molecule has 23 heavy (non-hydrogen) atoms. The molecule has 0 aliphatic heterocycles. The largest absolute Gasteiger partial charge is 0.481 e. The number of aromatic nitrogens is 2. The Morgan fingerprint density at radius 1 is 1.22 bits per heavy atom. The third kappa shape index (κ3) is 4.60. The van der Waals surface area contributed by atoms with E-state index in [0.717, 1.165) is 5.56 Å². The van der Waals surface area contributed by atoms with Crippen molar-refractivity contribution in [1.82, 2.24) is 9.97 Å². The van der Waals surface area contributed by atoms with Crippen LogP contribution in [0.15, 0.2) is 36.8 Å². The van der Waals surface area contributed by atoms with Crippen molar-refractivity contribution in [2.24, 2.45) is 0 Å². The van der Waals surface area contributed by atoms with Gasteiger partial charge in [-0.1, -0.05) is 26.0 Å². The fourth-order valence-electron chi connectivity index (χ4n) is 2.18. The van der Waals surface area contributed by atoms with Gasteiger partial charge in [-0.3, -0.25) is 9.59 Å². The Labute approximate surface area is 134 Å². The lowest BCUT2D eigenvalue weighted by Gasteiger charge is -2.11. The first kappa shape index (κ1) is 16.6. The summed E-state index contributed by atoms with van der Waals surface area (Å²) >= 11 is 0. The van der Waals surface area contributed by atoms with Crippen LogP contribution >= 0.6 is 0 Å². The molecule has 2 N–H and O–H groups in total. The van der Waals surface area contributed by atoms with E-state index < -0.39 is 5.97 Å². The maximum atomic E-state index is 12.4. The number of aryl methyl sites for hydroxylation is 1. The predicted molar refractivity (Wildman–Crippen MR) is 86.5 cm³/mol. The van der Waals surface area contributed by atoms with E-state index in [1.807, 2.05) is 26.0 Å². The van der Waals surface area contributed by atoms with E-state index in [0.29, 0.717) is 23.4 Å². The zero-order valence-corrected chi connectivity index (χ0v) is 13.1. The number of nitrogens with zero attached hydrogens (tertiary/aromatic N) is 2. The van der Waals surface area contributed by atoms with Gasteiger partial charge >= 0.3 is 5.97 Å². The van der Waals surface area contributed by atoms with Crippen molar-refractivity contribution >= 4 is 17.6 Å². The van der Waals surface area contributed by atoms with Gasteiger partial charge in [-0.2, -0.15) is 0 Å². The van der Waals surface area contributed by atoms with Crippen LogP contribution in [0.1, 0.15) is 47.8 Å². The normalized spacial score (nSPS) is 10.6. The lowest BCUT2D eigenvalue weighted by Crippen LogP contribution is -2.16. The summed E-state index contributed by atoms with van der Waals surface area (Å²) in [5, 5.41) is 11.5. The highest BCUT2D eigenvalue weighted by Gasteiger charge is 2.15. The molecular weight excluding hydrogens is 294 g/mol. The van der Waals surface area contributed by atoms with Crippen LogP contribution in [-0.4, -0.2) is 27.0 Å². The molecule has 1 heterocycles. The number of hydrogen-bond acceptors (Lipinski definition) is 4. The molecule has 0 radical (unpaired) electrons. The number of amides is 1. The first-order valence-corrected chi connectivity index (χ1v) is 7.39. The smallest absolute Gasteiger partial charge is 0.303 e. The van der Waals surface area contributed by atoms with Crippen molar-refractivity contribution in [1.29, 1.82) is 0 Å². The Bertz CT molecular complexity index is 696. The minimum atomic E-state index is -0.826. The topological polar surface area (TPSA) is 92.2 Å². The molecule has 0 fully saturated rings. The summed E-state index contributed by atoms with van der Waals surface area (Å²) in [6.07, 6.45) is 3.50. The SMILES string of the molecule is CC(C)c1ncncc1C(=O)Nc1ccc(CCC(=O)O)cc1. The molecule has 0 aliphatic rings. The van der Waals surface area contributed by atoms with Crippen LogP contribution in [0.3, 0.4) is 0 Å². The molecule has 0 saturated heterocycles. The highest BCUT2D eigenvalue weighted by Crippen LogP contribution is 2.18. The standard InChI is InChI=1S/C17H19N3O3/c1-11(2)16-14(9-18-10-19-16)17(23)20-13-6-3-12(4-7-13)5-8-15(21)22/h3-4,6-7,9-11H,5,8H2,1-2H3,(H,20,23)(H,21,22). The summed E-state index contributed by atoms with van der Waals surface area (Å²) in [6.45, 7) is 3.94. The lowest BCUT2D eigenvalue weighted by atomic mass is 10.0. The molecule has 120 valence electrons. The lowest BCUT2D eigenvalue weighted by molar-refractivity contribution is -0.136. The van der Waals surface area contributed by atoms with Crippen LogP contribution in [0.25, 0.3) is 0 Å². The molecule has 0 saturated carbocycles. The summed E-state index contributed by atoms with van der Waals surface area (Å²) in [5.41, 5.74) is 2.72. The van der Waals surface area contributed by atoms with E-state index in [4.69, 9.17) is 5.11 Å². The van der Waals surface area contributed by atoms with E-state index in [1.165, 1.54) is 12.5 Å². The first-order valence-electron chi connectivity index (χ1n) is 7.39. The second-order valence-electron chi connectivity index (χ2n) is 5.52. The van der Waals surface area contributed by atoms with Crippen LogP contribution in [-0.2, 0) is 11.2 Å². The van der Waals surface area contributed by atoms with Gasteiger partial charge in [0.05, 0.1) is 11.3 Å². The van der Waals surface area contributed by atoms with Crippen LogP contribution in [0.2, 0.25) is 0 Å². The van der Waals surface area contributed by atoms with Gasteiger partial charge in [0.2, 0.25) is 0 Å². The van der Waals surface area contributed by atoms with Crippen molar-refractivity contribution in [2.75, 3.05) is 5.32 Å². The van der Waals surface area contributed by atoms with Crippen LogP contribution in [0.5, 0.6) is 0 Å².